The molecule has 1 fully saturated rings. The Balaban J connectivity index is 1.59. The number of thiazole rings is 1. The molecule has 0 spiro atoms. The van der Waals surface area contributed by atoms with Gasteiger partial charge in [-0.15, -0.1) is 0 Å². The van der Waals surface area contributed by atoms with Gasteiger partial charge in [0.1, 0.15) is 16.4 Å². The van der Waals surface area contributed by atoms with Crippen molar-refractivity contribution in [2.45, 2.75) is 52.1 Å². The molecule has 6 nitrogen and oxygen atoms in total. The van der Waals surface area contributed by atoms with Gasteiger partial charge in [-0.05, 0) is 81.0 Å². The Bertz CT molecular complexity index is 1200. The van der Waals surface area contributed by atoms with E-state index in [9.17, 15) is 14.0 Å². The molecule has 1 saturated heterocycles. The fourth-order valence-corrected chi connectivity index (χ4v) is 4.91. The van der Waals surface area contributed by atoms with E-state index in [1.807, 2.05) is 12.1 Å². The maximum absolute atomic E-state index is 13.4. The van der Waals surface area contributed by atoms with Gasteiger partial charge in [-0.3, -0.25) is 10.1 Å². The fourth-order valence-electron chi connectivity index (χ4n) is 4.00. The standard InChI is InChI=1S/C27H30FN3O3S/c1-27(2,3)34-26(33)30-22-12-9-19(18-7-10-21(28)11-8-18)15-20(22)16-23(32)25-29-17-24(35-25)31-13-5-4-6-14-31/h7-12,15,17H,4-6,13-14,16H2,1-3H3,(H,30,33). The third kappa shape index (κ3) is 6.66. The average Bonchev–Trinajstić information content (AvgIpc) is 3.31. The first-order chi connectivity index (χ1) is 16.7. The first-order valence-corrected chi connectivity index (χ1v) is 12.6. The van der Waals surface area contributed by atoms with Crippen LogP contribution < -0.4 is 10.2 Å². The van der Waals surface area contributed by atoms with Gasteiger partial charge in [-0.25, -0.2) is 14.2 Å². The summed E-state index contributed by atoms with van der Waals surface area (Å²) in [6.45, 7) is 7.34. The smallest absolute Gasteiger partial charge is 0.412 e. The molecule has 0 unspecified atom stereocenters. The Morgan fingerprint density at radius 2 is 1.74 bits per heavy atom. The highest BCUT2D eigenvalue weighted by Gasteiger charge is 2.21. The van der Waals surface area contributed by atoms with Crippen LogP contribution in [0.5, 0.6) is 0 Å². The number of amides is 1. The summed E-state index contributed by atoms with van der Waals surface area (Å²) < 4.78 is 18.8. The third-order valence-corrected chi connectivity index (χ3v) is 6.77. The predicted molar refractivity (Wildman–Crippen MR) is 138 cm³/mol. The molecule has 35 heavy (non-hydrogen) atoms. The van der Waals surface area contributed by atoms with Crippen LogP contribution in [0.1, 0.15) is 55.4 Å². The first kappa shape index (κ1) is 24.9. The minimum atomic E-state index is -0.653. The van der Waals surface area contributed by atoms with E-state index >= 15 is 0 Å². The van der Waals surface area contributed by atoms with Crippen molar-refractivity contribution in [1.29, 1.82) is 0 Å². The van der Waals surface area contributed by atoms with Gasteiger partial charge in [0.2, 0.25) is 0 Å². The molecule has 1 aliphatic rings. The molecule has 184 valence electrons. The van der Waals surface area contributed by atoms with Crippen LogP contribution >= 0.6 is 11.3 Å². The van der Waals surface area contributed by atoms with E-state index in [0.29, 0.717) is 16.3 Å². The van der Waals surface area contributed by atoms with E-state index in [2.05, 4.69) is 15.2 Å². The largest absolute Gasteiger partial charge is 0.444 e. The molecular weight excluding hydrogens is 465 g/mol. The van der Waals surface area contributed by atoms with Crippen LogP contribution in [0.4, 0.5) is 19.9 Å². The van der Waals surface area contributed by atoms with E-state index in [4.69, 9.17) is 4.74 Å². The van der Waals surface area contributed by atoms with Crippen molar-refractivity contribution in [2.75, 3.05) is 23.3 Å². The van der Waals surface area contributed by atoms with Crippen LogP contribution in [0.3, 0.4) is 0 Å². The topological polar surface area (TPSA) is 71.5 Å². The van der Waals surface area contributed by atoms with Crippen molar-refractivity contribution in [2.24, 2.45) is 0 Å². The highest BCUT2D eigenvalue weighted by Crippen LogP contribution is 2.30. The van der Waals surface area contributed by atoms with Crippen molar-refractivity contribution < 1.29 is 18.7 Å². The molecule has 8 heteroatoms. The van der Waals surface area contributed by atoms with Gasteiger partial charge >= 0.3 is 6.09 Å². The number of Topliss-reactive ketones (excluding diaryl/α,β-unsaturated/α-hetero) is 1. The molecule has 0 atom stereocenters. The number of piperidine rings is 1. The van der Waals surface area contributed by atoms with Gasteiger partial charge in [0.05, 0.1) is 6.20 Å². The van der Waals surface area contributed by atoms with Crippen molar-refractivity contribution in [3.63, 3.8) is 0 Å². The van der Waals surface area contributed by atoms with Gasteiger partial charge in [0, 0.05) is 25.2 Å². The molecule has 2 aromatic carbocycles. The lowest BCUT2D eigenvalue weighted by atomic mass is 9.99. The summed E-state index contributed by atoms with van der Waals surface area (Å²) in [6, 6.07) is 11.6. The number of ketones is 1. The quantitative estimate of drug-likeness (QED) is 0.385. The van der Waals surface area contributed by atoms with Crippen molar-refractivity contribution in [3.05, 3.63) is 65.0 Å². The Morgan fingerprint density at radius 1 is 1.06 bits per heavy atom. The summed E-state index contributed by atoms with van der Waals surface area (Å²) in [5, 5.41) is 4.23. The maximum Gasteiger partial charge on any atom is 0.412 e. The number of carbonyl (C=O) groups is 2. The Kier molecular flexibility index (Phi) is 7.50. The molecule has 0 aliphatic carbocycles. The van der Waals surface area contributed by atoms with Crippen LogP contribution in [0, 0.1) is 5.82 Å². The SMILES string of the molecule is CC(C)(C)OC(=O)Nc1ccc(-c2ccc(F)cc2)cc1CC(=O)c1ncc(N2CCCCC2)s1. The van der Waals surface area contributed by atoms with Crippen LogP contribution in [-0.2, 0) is 11.2 Å². The van der Waals surface area contributed by atoms with E-state index in [1.165, 1.54) is 29.9 Å². The second kappa shape index (κ2) is 10.6. The molecule has 4 rings (SSSR count). The van der Waals surface area contributed by atoms with Gasteiger partial charge in [0.15, 0.2) is 10.8 Å². The third-order valence-electron chi connectivity index (χ3n) is 5.67. The second-order valence-corrected chi connectivity index (χ2v) is 10.7. The maximum atomic E-state index is 13.4. The molecule has 1 N–H and O–H groups in total. The molecule has 3 aromatic rings. The molecule has 0 saturated carbocycles. The lowest BCUT2D eigenvalue weighted by molar-refractivity contribution is 0.0635. The summed E-state index contributed by atoms with van der Waals surface area (Å²) in [6.07, 6.45) is 4.78. The number of ether oxygens (including phenoxy) is 1. The highest BCUT2D eigenvalue weighted by molar-refractivity contribution is 7.17. The molecule has 0 bridgehead atoms. The molecule has 0 radical (unpaired) electrons. The summed E-state index contributed by atoms with van der Waals surface area (Å²) in [4.78, 5) is 32.3. The number of benzene rings is 2. The van der Waals surface area contributed by atoms with Crippen molar-refractivity contribution in [3.8, 4) is 11.1 Å². The van der Waals surface area contributed by atoms with E-state index in [0.717, 1.165) is 42.1 Å². The lowest BCUT2D eigenvalue weighted by Gasteiger charge is -2.26. The molecule has 2 heterocycles. The van der Waals surface area contributed by atoms with E-state index in [1.54, 1.807) is 45.2 Å². The Labute approximate surface area is 209 Å². The lowest BCUT2D eigenvalue weighted by Crippen LogP contribution is -2.28. The normalized spacial score (nSPS) is 14.0. The number of aromatic nitrogens is 1. The van der Waals surface area contributed by atoms with Gasteiger partial charge in [-0.2, -0.15) is 0 Å². The molecule has 1 aromatic heterocycles. The van der Waals surface area contributed by atoms with Crippen LogP contribution in [-0.4, -0.2) is 35.6 Å². The van der Waals surface area contributed by atoms with Crippen LogP contribution in [0.15, 0.2) is 48.7 Å². The highest BCUT2D eigenvalue weighted by atomic mass is 32.1. The monoisotopic (exact) mass is 495 g/mol. The fraction of sp³-hybridized carbons (Fsp3) is 0.370. The van der Waals surface area contributed by atoms with E-state index in [-0.39, 0.29) is 18.0 Å². The summed E-state index contributed by atoms with van der Waals surface area (Å²) in [5.41, 5.74) is 2.10. The summed E-state index contributed by atoms with van der Waals surface area (Å²) >= 11 is 1.41. The number of halogens is 1. The van der Waals surface area contributed by atoms with Crippen LogP contribution in [0.2, 0.25) is 0 Å². The number of anilines is 2. The van der Waals surface area contributed by atoms with Crippen molar-refractivity contribution >= 4 is 33.9 Å². The minimum Gasteiger partial charge on any atom is -0.444 e. The van der Waals surface area contributed by atoms with Gasteiger partial charge in [-0.1, -0.05) is 29.5 Å². The Morgan fingerprint density at radius 3 is 2.43 bits per heavy atom. The molecule has 1 amide bonds. The van der Waals surface area contributed by atoms with Crippen LogP contribution in [0.25, 0.3) is 11.1 Å². The number of nitrogens with zero attached hydrogens (tertiary/aromatic N) is 2. The van der Waals surface area contributed by atoms with E-state index < -0.39 is 11.7 Å². The zero-order valence-electron chi connectivity index (χ0n) is 20.3. The zero-order chi connectivity index (χ0) is 25.0. The van der Waals surface area contributed by atoms with Gasteiger partial charge < -0.3 is 9.64 Å². The average molecular weight is 496 g/mol. The predicted octanol–water partition coefficient (Wildman–Crippen LogP) is 6.71. The summed E-state index contributed by atoms with van der Waals surface area (Å²) in [5.74, 6) is -0.442. The number of carbonyl (C=O) groups excluding carboxylic acids is 2. The molecule has 1 aliphatic heterocycles. The van der Waals surface area contributed by atoms with Crippen molar-refractivity contribution in [1.82, 2.24) is 4.98 Å². The first-order valence-electron chi connectivity index (χ1n) is 11.8. The number of hydrogen-bond acceptors (Lipinski definition) is 6. The Hall–Kier alpha value is -3.26. The number of hydrogen-bond donors (Lipinski definition) is 1. The second-order valence-electron chi connectivity index (χ2n) is 9.66. The number of nitrogens with one attached hydrogen (secondary N) is 1. The number of rotatable bonds is 6. The molecular formula is C27H30FN3O3S. The minimum absolute atomic E-state index is 0.0626. The van der Waals surface area contributed by atoms with Gasteiger partial charge in [0.25, 0.3) is 0 Å². The summed E-state index contributed by atoms with van der Waals surface area (Å²) in [7, 11) is 0. The zero-order valence-corrected chi connectivity index (χ0v) is 21.1.